The van der Waals surface area contributed by atoms with Crippen molar-refractivity contribution in [3.63, 3.8) is 0 Å². The third kappa shape index (κ3) is 3.38. The molecular weight excluding hydrogens is 271 g/mol. The molecule has 110 valence electrons. The van der Waals surface area contributed by atoms with E-state index >= 15 is 0 Å². The lowest BCUT2D eigenvalue weighted by Gasteiger charge is -2.15. The fraction of sp³-hybridized carbons (Fsp3) is 0.188. The van der Waals surface area contributed by atoms with Gasteiger partial charge in [-0.2, -0.15) is 0 Å². The Hall–Kier alpha value is -2.40. The van der Waals surface area contributed by atoms with Crippen molar-refractivity contribution in [2.75, 3.05) is 0 Å². The summed E-state index contributed by atoms with van der Waals surface area (Å²) in [6.07, 6.45) is 0. The molecule has 0 bridgehead atoms. The molecule has 0 spiro atoms. The van der Waals surface area contributed by atoms with Gasteiger partial charge in [-0.3, -0.25) is 4.79 Å². The van der Waals surface area contributed by atoms with E-state index < -0.39 is 11.7 Å². The fourth-order valence-corrected chi connectivity index (χ4v) is 2.03. The van der Waals surface area contributed by atoms with E-state index in [0.717, 1.165) is 17.2 Å². The van der Waals surface area contributed by atoms with Crippen LogP contribution in [0.4, 0.5) is 4.39 Å². The first-order valence-electron chi connectivity index (χ1n) is 6.60. The molecule has 0 radical (unpaired) electrons. The lowest BCUT2D eigenvalue weighted by Crippen LogP contribution is -2.27. The van der Waals surface area contributed by atoms with Crippen LogP contribution >= 0.6 is 0 Å². The third-order valence-electron chi connectivity index (χ3n) is 3.28. The van der Waals surface area contributed by atoms with Crippen LogP contribution in [-0.2, 0) is 6.54 Å². The number of phenols is 1. The van der Waals surface area contributed by atoms with Crippen molar-refractivity contribution in [1.82, 2.24) is 5.32 Å². The second-order valence-electron chi connectivity index (χ2n) is 4.77. The van der Waals surface area contributed by atoms with Gasteiger partial charge in [0.05, 0.1) is 6.04 Å². The Morgan fingerprint density at radius 2 is 1.95 bits per heavy atom. The molecule has 0 saturated carbocycles. The van der Waals surface area contributed by atoms with Crippen LogP contribution in [0, 0.1) is 5.82 Å². The van der Waals surface area contributed by atoms with E-state index in [4.69, 9.17) is 5.73 Å². The zero-order valence-corrected chi connectivity index (χ0v) is 11.6. The average Bonchev–Trinajstić information content (AvgIpc) is 2.47. The van der Waals surface area contributed by atoms with E-state index in [1.165, 1.54) is 12.1 Å². The van der Waals surface area contributed by atoms with E-state index in [9.17, 15) is 14.3 Å². The summed E-state index contributed by atoms with van der Waals surface area (Å²) in [6.45, 7) is 2.23. The zero-order valence-electron chi connectivity index (χ0n) is 11.6. The molecule has 2 aromatic carbocycles. The molecule has 1 amide bonds. The molecule has 2 aromatic rings. The molecule has 0 aliphatic heterocycles. The molecule has 0 aliphatic carbocycles. The summed E-state index contributed by atoms with van der Waals surface area (Å²) in [5.41, 5.74) is 7.04. The molecule has 0 heterocycles. The molecule has 1 unspecified atom stereocenters. The van der Waals surface area contributed by atoms with Gasteiger partial charge in [-0.05, 0) is 30.2 Å². The van der Waals surface area contributed by atoms with Crippen LogP contribution in [0.15, 0.2) is 42.5 Å². The van der Waals surface area contributed by atoms with Gasteiger partial charge < -0.3 is 16.2 Å². The van der Waals surface area contributed by atoms with Gasteiger partial charge in [0.15, 0.2) is 0 Å². The number of hydrogen-bond donors (Lipinski definition) is 3. The van der Waals surface area contributed by atoms with Crippen molar-refractivity contribution in [2.45, 2.75) is 19.5 Å². The van der Waals surface area contributed by atoms with Crippen LogP contribution in [-0.4, -0.2) is 11.0 Å². The van der Waals surface area contributed by atoms with E-state index in [2.05, 4.69) is 5.32 Å². The Morgan fingerprint density at radius 1 is 1.29 bits per heavy atom. The monoisotopic (exact) mass is 288 g/mol. The lowest BCUT2D eigenvalue weighted by molar-refractivity contribution is 0.0933. The van der Waals surface area contributed by atoms with Crippen LogP contribution in [0.1, 0.15) is 34.5 Å². The lowest BCUT2D eigenvalue weighted by atomic mass is 10.1. The maximum absolute atomic E-state index is 13.6. The minimum Gasteiger partial charge on any atom is -0.507 e. The Balaban J connectivity index is 2.15. The van der Waals surface area contributed by atoms with Crippen molar-refractivity contribution in [3.8, 4) is 5.75 Å². The summed E-state index contributed by atoms with van der Waals surface area (Å²) in [6, 6.07) is 10.9. The number of hydrogen-bond acceptors (Lipinski definition) is 3. The van der Waals surface area contributed by atoms with Gasteiger partial charge in [-0.1, -0.05) is 30.3 Å². The van der Waals surface area contributed by atoms with Crippen LogP contribution in [0.25, 0.3) is 0 Å². The molecule has 21 heavy (non-hydrogen) atoms. The van der Waals surface area contributed by atoms with Crippen LogP contribution < -0.4 is 11.1 Å². The normalized spacial score (nSPS) is 12.0. The summed E-state index contributed by atoms with van der Waals surface area (Å²) >= 11 is 0. The van der Waals surface area contributed by atoms with Crippen molar-refractivity contribution in [2.24, 2.45) is 5.73 Å². The maximum atomic E-state index is 13.6. The molecule has 4 N–H and O–H groups in total. The second-order valence-corrected chi connectivity index (χ2v) is 4.77. The van der Waals surface area contributed by atoms with Crippen molar-refractivity contribution >= 4 is 5.91 Å². The van der Waals surface area contributed by atoms with E-state index in [0.29, 0.717) is 6.54 Å². The highest BCUT2D eigenvalue weighted by Crippen LogP contribution is 2.21. The number of benzene rings is 2. The number of rotatable bonds is 4. The molecular formula is C16H17FN2O2. The quantitative estimate of drug-likeness (QED) is 0.809. The Morgan fingerprint density at radius 3 is 2.52 bits per heavy atom. The molecule has 0 saturated heterocycles. The minimum atomic E-state index is -0.752. The Kier molecular flexibility index (Phi) is 4.55. The van der Waals surface area contributed by atoms with Gasteiger partial charge in [-0.25, -0.2) is 4.39 Å². The van der Waals surface area contributed by atoms with Crippen molar-refractivity contribution < 1.29 is 14.3 Å². The molecule has 0 aromatic heterocycles. The first-order chi connectivity index (χ1) is 10.0. The smallest absolute Gasteiger partial charge is 0.258 e. The molecule has 0 fully saturated rings. The zero-order chi connectivity index (χ0) is 15.4. The standard InChI is InChI=1S/C16H17FN2O2/c1-10(12-7-5-11(9-18)6-8-12)19-16(21)15-13(17)3-2-4-14(15)20/h2-8,10,20H,9,18H2,1H3,(H,19,21). The minimum absolute atomic E-state index is 0.316. The van der Waals surface area contributed by atoms with Crippen LogP contribution in [0.5, 0.6) is 5.75 Å². The molecule has 1 atom stereocenters. The van der Waals surface area contributed by atoms with Crippen LogP contribution in [0.2, 0.25) is 0 Å². The third-order valence-corrected chi connectivity index (χ3v) is 3.28. The average molecular weight is 288 g/mol. The van der Waals surface area contributed by atoms with Gasteiger partial charge in [0.2, 0.25) is 0 Å². The SMILES string of the molecule is CC(NC(=O)c1c(O)cccc1F)c1ccc(CN)cc1. The highest BCUT2D eigenvalue weighted by atomic mass is 19.1. The Labute approximate surface area is 122 Å². The van der Waals surface area contributed by atoms with E-state index in [-0.39, 0.29) is 17.4 Å². The van der Waals surface area contributed by atoms with Gasteiger partial charge in [-0.15, -0.1) is 0 Å². The Bertz CT molecular complexity index is 621. The van der Waals surface area contributed by atoms with Crippen LogP contribution in [0.3, 0.4) is 0 Å². The van der Waals surface area contributed by atoms with Gasteiger partial charge in [0.1, 0.15) is 17.1 Å². The number of carbonyl (C=O) groups excluding carboxylic acids is 1. The maximum Gasteiger partial charge on any atom is 0.258 e. The number of phenolic OH excluding ortho intramolecular Hbond substituents is 1. The first kappa shape index (κ1) is 15.0. The van der Waals surface area contributed by atoms with Crippen molar-refractivity contribution in [1.29, 1.82) is 0 Å². The fourth-order valence-electron chi connectivity index (χ4n) is 2.03. The van der Waals surface area contributed by atoms with Gasteiger partial charge in [0.25, 0.3) is 5.91 Å². The highest BCUT2D eigenvalue weighted by molar-refractivity contribution is 5.97. The number of nitrogens with one attached hydrogen (secondary N) is 1. The summed E-state index contributed by atoms with van der Waals surface area (Å²) < 4.78 is 13.6. The topological polar surface area (TPSA) is 75.3 Å². The van der Waals surface area contributed by atoms with Gasteiger partial charge in [0, 0.05) is 6.54 Å². The number of amides is 1. The predicted molar refractivity (Wildman–Crippen MR) is 78.3 cm³/mol. The summed E-state index contributed by atoms with van der Waals surface area (Å²) in [7, 11) is 0. The van der Waals surface area contributed by atoms with E-state index in [1.54, 1.807) is 6.92 Å². The van der Waals surface area contributed by atoms with E-state index in [1.807, 2.05) is 24.3 Å². The highest BCUT2D eigenvalue weighted by Gasteiger charge is 2.18. The summed E-state index contributed by atoms with van der Waals surface area (Å²) in [4.78, 5) is 12.1. The van der Waals surface area contributed by atoms with Gasteiger partial charge >= 0.3 is 0 Å². The largest absolute Gasteiger partial charge is 0.507 e. The number of aromatic hydroxyl groups is 1. The molecule has 2 rings (SSSR count). The molecule has 4 nitrogen and oxygen atoms in total. The molecule has 5 heteroatoms. The number of carbonyl (C=O) groups is 1. The summed E-state index contributed by atoms with van der Waals surface area (Å²) in [5, 5.41) is 12.3. The number of halogens is 1. The first-order valence-corrected chi connectivity index (χ1v) is 6.60. The molecule has 0 aliphatic rings. The number of nitrogens with two attached hydrogens (primary N) is 1. The summed E-state index contributed by atoms with van der Waals surface area (Å²) in [5.74, 6) is -1.78. The predicted octanol–water partition coefficient (Wildman–Crippen LogP) is 2.48. The van der Waals surface area contributed by atoms with Crippen molar-refractivity contribution in [3.05, 3.63) is 65.0 Å². The second kappa shape index (κ2) is 6.37.